The van der Waals surface area contributed by atoms with Crippen LogP contribution in [-0.4, -0.2) is 0 Å². The van der Waals surface area contributed by atoms with Crippen LogP contribution in [0.1, 0.15) is 16.7 Å². The van der Waals surface area contributed by atoms with Gasteiger partial charge in [0.1, 0.15) is 0 Å². The third-order valence-electron chi connectivity index (χ3n) is 3.35. The Balaban J connectivity index is 2.12. The van der Waals surface area contributed by atoms with E-state index in [9.17, 15) is 0 Å². The van der Waals surface area contributed by atoms with Crippen LogP contribution in [0.4, 0.5) is 0 Å². The second-order valence-corrected chi connectivity index (χ2v) is 5.76. The standard InChI is InChI=1S/C20H15Br/c21-19-13-11-18(12-14-19)20(17-9-5-2-6-10-17)15-16-7-3-1-4-8-16/h1-15H/b20-15+. The first-order chi connectivity index (χ1) is 10.3. The molecule has 0 aliphatic rings. The van der Waals surface area contributed by atoms with E-state index < -0.39 is 0 Å². The van der Waals surface area contributed by atoms with Gasteiger partial charge in [-0.05, 0) is 40.5 Å². The quantitative estimate of drug-likeness (QED) is 0.512. The molecule has 0 unspecified atom stereocenters. The van der Waals surface area contributed by atoms with E-state index in [2.05, 4.69) is 94.8 Å². The molecule has 0 bridgehead atoms. The van der Waals surface area contributed by atoms with E-state index in [1.807, 2.05) is 12.1 Å². The second-order valence-electron chi connectivity index (χ2n) is 4.84. The number of halogens is 1. The molecule has 0 heterocycles. The summed E-state index contributed by atoms with van der Waals surface area (Å²) in [6, 6.07) is 29.4. The minimum atomic E-state index is 1.10. The van der Waals surface area contributed by atoms with Gasteiger partial charge in [-0.15, -0.1) is 0 Å². The van der Waals surface area contributed by atoms with E-state index in [-0.39, 0.29) is 0 Å². The molecule has 3 aromatic carbocycles. The number of hydrogen-bond acceptors (Lipinski definition) is 0. The topological polar surface area (TPSA) is 0 Å². The molecule has 0 nitrogen and oxygen atoms in total. The Morgan fingerprint density at radius 1 is 0.619 bits per heavy atom. The lowest BCUT2D eigenvalue weighted by Gasteiger charge is -2.09. The van der Waals surface area contributed by atoms with Crippen LogP contribution >= 0.6 is 15.9 Å². The number of rotatable bonds is 3. The maximum Gasteiger partial charge on any atom is 0.0175 e. The molecular weight excluding hydrogens is 320 g/mol. The maximum absolute atomic E-state index is 3.50. The SMILES string of the molecule is Brc1ccc(/C(=C/c2ccccc2)c2ccccc2)cc1. The highest BCUT2D eigenvalue weighted by Crippen LogP contribution is 2.27. The Bertz CT molecular complexity index is 726. The Hall–Kier alpha value is -2.12. The van der Waals surface area contributed by atoms with Gasteiger partial charge in [-0.3, -0.25) is 0 Å². The first kappa shape index (κ1) is 13.8. The Morgan fingerprint density at radius 2 is 1.14 bits per heavy atom. The van der Waals surface area contributed by atoms with Gasteiger partial charge in [0.2, 0.25) is 0 Å². The van der Waals surface area contributed by atoms with Crippen LogP contribution in [0.15, 0.2) is 89.4 Å². The van der Waals surface area contributed by atoms with Crippen LogP contribution in [0.5, 0.6) is 0 Å². The van der Waals surface area contributed by atoms with Gasteiger partial charge in [0, 0.05) is 4.47 Å². The van der Waals surface area contributed by atoms with E-state index in [4.69, 9.17) is 0 Å². The molecule has 0 fully saturated rings. The maximum atomic E-state index is 3.50. The van der Waals surface area contributed by atoms with E-state index >= 15 is 0 Å². The summed E-state index contributed by atoms with van der Waals surface area (Å²) in [6.45, 7) is 0. The normalized spacial score (nSPS) is 11.4. The lowest BCUT2D eigenvalue weighted by atomic mass is 9.96. The third-order valence-corrected chi connectivity index (χ3v) is 3.88. The smallest absolute Gasteiger partial charge is 0.0175 e. The predicted octanol–water partition coefficient (Wildman–Crippen LogP) is 6.04. The Labute approximate surface area is 133 Å². The fourth-order valence-corrected chi connectivity index (χ4v) is 2.56. The van der Waals surface area contributed by atoms with Crippen molar-refractivity contribution < 1.29 is 0 Å². The van der Waals surface area contributed by atoms with Crippen LogP contribution < -0.4 is 0 Å². The zero-order valence-electron chi connectivity index (χ0n) is 11.5. The third kappa shape index (κ3) is 3.50. The van der Waals surface area contributed by atoms with Crippen LogP contribution in [0.3, 0.4) is 0 Å². The van der Waals surface area contributed by atoms with Crippen molar-refractivity contribution in [2.45, 2.75) is 0 Å². The van der Waals surface area contributed by atoms with Crippen molar-refractivity contribution in [3.8, 4) is 0 Å². The number of benzene rings is 3. The molecule has 3 aromatic rings. The molecule has 0 saturated carbocycles. The van der Waals surface area contributed by atoms with Gasteiger partial charge in [0.15, 0.2) is 0 Å². The molecule has 0 aliphatic heterocycles. The van der Waals surface area contributed by atoms with Crippen molar-refractivity contribution in [1.29, 1.82) is 0 Å². The van der Waals surface area contributed by atoms with Crippen molar-refractivity contribution in [3.05, 3.63) is 106 Å². The molecule has 1 heteroatoms. The lowest BCUT2D eigenvalue weighted by Crippen LogP contribution is -1.88. The molecule has 0 saturated heterocycles. The summed E-state index contributed by atoms with van der Waals surface area (Å²) >= 11 is 3.50. The van der Waals surface area contributed by atoms with Crippen molar-refractivity contribution in [3.63, 3.8) is 0 Å². The molecule has 0 atom stereocenters. The summed E-state index contributed by atoms with van der Waals surface area (Å²) in [4.78, 5) is 0. The van der Waals surface area contributed by atoms with Crippen molar-refractivity contribution in [2.75, 3.05) is 0 Å². The van der Waals surface area contributed by atoms with Gasteiger partial charge in [0.25, 0.3) is 0 Å². The van der Waals surface area contributed by atoms with E-state index in [1.165, 1.54) is 22.3 Å². The Kier molecular flexibility index (Phi) is 4.32. The van der Waals surface area contributed by atoms with Crippen molar-refractivity contribution in [2.24, 2.45) is 0 Å². The zero-order chi connectivity index (χ0) is 14.5. The molecule has 0 radical (unpaired) electrons. The van der Waals surface area contributed by atoms with Crippen LogP contribution in [0, 0.1) is 0 Å². The first-order valence-corrected chi connectivity index (χ1v) is 7.70. The molecule has 0 aliphatic carbocycles. The van der Waals surface area contributed by atoms with Gasteiger partial charge in [-0.1, -0.05) is 88.7 Å². The average Bonchev–Trinajstić information content (AvgIpc) is 2.55. The fraction of sp³-hybridized carbons (Fsp3) is 0. The van der Waals surface area contributed by atoms with Gasteiger partial charge < -0.3 is 0 Å². The highest BCUT2D eigenvalue weighted by Gasteiger charge is 2.05. The van der Waals surface area contributed by atoms with E-state index in [0.29, 0.717) is 0 Å². The van der Waals surface area contributed by atoms with E-state index in [1.54, 1.807) is 0 Å². The van der Waals surface area contributed by atoms with Gasteiger partial charge >= 0.3 is 0 Å². The first-order valence-electron chi connectivity index (χ1n) is 6.91. The highest BCUT2D eigenvalue weighted by atomic mass is 79.9. The predicted molar refractivity (Wildman–Crippen MR) is 94.0 cm³/mol. The van der Waals surface area contributed by atoms with Gasteiger partial charge in [-0.2, -0.15) is 0 Å². The molecule has 3 rings (SSSR count). The molecule has 0 spiro atoms. The monoisotopic (exact) mass is 334 g/mol. The van der Waals surface area contributed by atoms with E-state index in [0.717, 1.165) is 4.47 Å². The van der Waals surface area contributed by atoms with Crippen LogP contribution in [0.2, 0.25) is 0 Å². The average molecular weight is 335 g/mol. The second kappa shape index (κ2) is 6.55. The summed E-state index contributed by atoms with van der Waals surface area (Å²) in [6.07, 6.45) is 2.23. The van der Waals surface area contributed by atoms with Crippen molar-refractivity contribution in [1.82, 2.24) is 0 Å². The van der Waals surface area contributed by atoms with Crippen molar-refractivity contribution >= 4 is 27.6 Å². The summed E-state index contributed by atoms with van der Waals surface area (Å²) < 4.78 is 1.10. The molecule has 0 N–H and O–H groups in total. The highest BCUT2D eigenvalue weighted by molar-refractivity contribution is 9.10. The molecule has 21 heavy (non-hydrogen) atoms. The molecule has 102 valence electrons. The van der Waals surface area contributed by atoms with Crippen LogP contribution in [-0.2, 0) is 0 Å². The number of hydrogen-bond donors (Lipinski definition) is 0. The molecule has 0 aromatic heterocycles. The summed E-state index contributed by atoms with van der Waals surface area (Å²) in [5.74, 6) is 0. The summed E-state index contributed by atoms with van der Waals surface area (Å²) in [7, 11) is 0. The van der Waals surface area contributed by atoms with Crippen LogP contribution in [0.25, 0.3) is 11.6 Å². The molecular formula is C20H15Br. The minimum absolute atomic E-state index is 1.10. The largest absolute Gasteiger partial charge is 0.0622 e. The van der Waals surface area contributed by atoms with Gasteiger partial charge in [-0.25, -0.2) is 0 Å². The molecule has 0 amide bonds. The lowest BCUT2D eigenvalue weighted by molar-refractivity contribution is 1.53. The zero-order valence-corrected chi connectivity index (χ0v) is 13.1. The Morgan fingerprint density at radius 3 is 1.76 bits per heavy atom. The summed E-state index contributed by atoms with van der Waals surface area (Å²) in [5.41, 5.74) is 4.88. The van der Waals surface area contributed by atoms with Gasteiger partial charge in [0.05, 0.1) is 0 Å². The fourth-order valence-electron chi connectivity index (χ4n) is 2.30. The summed E-state index contributed by atoms with van der Waals surface area (Å²) in [5, 5.41) is 0. The minimum Gasteiger partial charge on any atom is -0.0622 e.